The Kier molecular flexibility index (Phi) is 7.30. The number of ether oxygens (including phenoxy) is 2. The minimum Gasteiger partial charge on any atom is -0.497 e. The molecule has 1 aliphatic rings. The second-order valence-corrected chi connectivity index (χ2v) is 8.14. The van der Waals surface area contributed by atoms with Crippen LogP contribution in [0.15, 0.2) is 42.5 Å². The van der Waals surface area contributed by atoms with E-state index in [-0.39, 0.29) is 5.78 Å². The summed E-state index contributed by atoms with van der Waals surface area (Å²) < 4.78 is 10.7. The summed E-state index contributed by atoms with van der Waals surface area (Å²) >= 11 is 0. The van der Waals surface area contributed by atoms with Crippen LogP contribution in [0.25, 0.3) is 0 Å². The van der Waals surface area contributed by atoms with Gasteiger partial charge in [0.05, 0.1) is 19.8 Å². The number of amides is 1. The molecular formula is C25H30N2O5. The van der Waals surface area contributed by atoms with Gasteiger partial charge in [-0.2, -0.15) is 0 Å². The van der Waals surface area contributed by atoms with Crippen molar-refractivity contribution in [2.45, 2.75) is 19.9 Å². The maximum atomic E-state index is 13.6. The van der Waals surface area contributed by atoms with Crippen molar-refractivity contribution in [1.29, 1.82) is 0 Å². The van der Waals surface area contributed by atoms with Crippen molar-refractivity contribution in [3.8, 4) is 11.5 Å². The van der Waals surface area contributed by atoms with Crippen molar-refractivity contribution in [3.05, 3.63) is 59.2 Å². The lowest BCUT2D eigenvalue weighted by molar-refractivity contribution is -0.140. The highest BCUT2D eigenvalue weighted by Gasteiger charge is 2.51. The van der Waals surface area contributed by atoms with Gasteiger partial charge in [-0.05, 0) is 69.4 Å². The molecule has 1 saturated heterocycles. The zero-order valence-corrected chi connectivity index (χ0v) is 19.3. The van der Waals surface area contributed by atoms with Crippen LogP contribution in [0, 0.1) is 12.8 Å². The molecule has 2 unspecified atom stereocenters. The zero-order chi connectivity index (χ0) is 23.4. The van der Waals surface area contributed by atoms with E-state index in [9.17, 15) is 14.4 Å². The van der Waals surface area contributed by atoms with E-state index in [1.165, 1.54) is 4.90 Å². The van der Waals surface area contributed by atoms with Crippen molar-refractivity contribution in [2.75, 3.05) is 40.9 Å². The molecule has 170 valence electrons. The van der Waals surface area contributed by atoms with Crippen LogP contribution < -0.4 is 9.47 Å². The molecule has 0 radical (unpaired) electrons. The Balaban J connectivity index is 2.03. The summed E-state index contributed by atoms with van der Waals surface area (Å²) in [5, 5.41) is 0. The maximum Gasteiger partial charge on any atom is 0.291 e. The first kappa shape index (κ1) is 23.5. The van der Waals surface area contributed by atoms with Crippen LogP contribution in [-0.2, 0) is 9.59 Å². The molecule has 0 spiro atoms. The van der Waals surface area contributed by atoms with Crippen LogP contribution in [0.3, 0.4) is 0 Å². The average molecular weight is 439 g/mol. The highest BCUT2D eigenvalue weighted by molar-refractivity contribution is 6.44. The quantitative estimate of drug-likeness (QED) is 0.340. The zero-order valence-electron chi connectivity index (χ0n) is 19.3. The fraction of sp³-hybridized carbons (Fsp3) is 0.400. The Labute approximate surface area is 188 Å². The first-order valence-electron chi connectivity index (χ1n) is 10.7. The number of hydrogen-bond acceptors (Lipinski definition) is 6. The third kappa shape index (κ3) is 4.67. The van der Waals surface area contributed by atoms with Gasteiger partial charge in [0.25, 0.3) is 5.91 Å². The molecule has 1 heterocycles. The first-order chi connectivity index (χ1) is 15.3. The molecular weight excluding hydrogens is 408 g/mol. The number of aryl methyl sites for hydroxylation is 1. The first-order valence-corrected chi connectivity index (χ1v) is 10.7. The maximum absolute atomic E-state index is 13.6. The normalized spacial score (nSPS) is 18.4. The molecule has 0 saturated carbocycles. The van der Waals surface area contributed by atoms with Crippen molar-refractivity contribution < 1.29 is 23.9 Å². The summed E-state index contributed by atoms with van der Waals surface area (Å²) in [6, 6.07) is 11.7. The third-order valence-electron chi connectivity index (χ3n) is 5.71. The summed E-state index contributed by atoms with van der Waals surface area (Å²) in [5.41, 5.74) is 1.85. The molecule has 0 aromatic heterocycles. The van der Waals surface area contributed by atoms with E-state index >= 15 is 0 Å². The number of hydrogen-bond donors (Lipinski definition) is 0. The monoisotopic (exact) mass is 438 g/mol. The van der Waals surface area contributed by atoms with Gasteiger partial charge in [-0.25, -0.2) is 0 Å². The number of likely N-dealkylation sites (tertiary alicyclic amines) is 1. The lowest BCUT2D eigenvalue weighted by Gasteiger charge is -2.28. The molecule has 0 N–H and O–H groups in total. The van der Waals surface area contributed by atoms with Crippen LogP contribution in [0.1, 0.15) is 34.5 Å². The van der Waals surface area contributed by atoms with E-state index in [0.29, 0.717) is 42.3 Å². The third-order valence-corrected chi connectivity index (χ3v) is 5.71. The molecule has 2 aromatic rings. The van der Waals surface area contributed by atoms with Gasteiger partial charge >= 0.3 is 0 Å². The van der Waals surface area contributed by atoms with Crippen LogP contribution >= 0.6 is 0 Å². The Morgan fingerprint density at radius 3 is 2.28 bits per heavy atom. The molecule has 7 heteroatoms. The molecule has 0 bridgehead atoms. The molecule has 1 aliphatic heterocycles. The van der Waals surface area contributed by atoms with Gasteiger partial charge in [0.2, 0.25) is 5.78 Å². The second-order valence-electron chi connectivity index (χ2n) is 8.14. The predicted octanol–water partition coefficient (Wildman–Crippen LogP) is 2.92. The number of rotatable bonds is 9. The predicted molar refractivity (Wildman–Crippen MR) is 121 cm³/mol. The van der Waals surface area contributed by atoms with Crippen LogP contribution in [0.5, 0.6) is 11.5 Å². The lowest BCUT2D eigenvalue weighted by Crippen LogP contribution is -2.36. The second kappa shape index (κ2) is 9.96. The topological polar surface area (TPSA) is 76.1 Å². The highest BCUT2D eigenvalue weighted by atomic mass is 16.5. The van der Waals surface area contributed by atoms with E-state index in [2.05, 4.69) is 0 Å². The molecule has 1 fully saturated rings. The standard InChI is InChI=1S/C25H30N2O5/c1-6-32-18-9-7-17(8-10-18)22-21(24(29)25(30)27(22)14-13-26(3)4)23(28)20-12-11-19(31-5)15-16(20)2/h7-12,15,21-22H,6,13-14H2,1-5H3. The van der Waals surface area contributed by atoms with Gasteiger partial charge in [-0.1, -0.05) is 12.1 Å². The minimum atomic E-state index is -1.10. The van der Waals surface area contributed by atoms with E-state index in [1.807, 2.05) is 38.1 Å². The fourth-order valence-corrected chi connectivity index (χ4v) is 4.04. The van der Waals surface area contributed by atoms with E-state index in [4.69, 9.17) is 9.47 Å². The Morgan fingerprint density at radius 2 is 1.72 bits per heavy atom. The van der Waals surface area contributed by atoms with Gasteiger partial charge in [-0.3, -0.25) is 14.4 Å². The number of likely N-dealkylation sites (N-methyl/N-ethyl adjacent to an activating group) is 1. The molecule has 2 aromatic carbocycles. The lowest BCUT2D eigenvalue weighted by atomic mass is 9.85. The minimum absolute atomic E-state index is 0.348. The Morgan fingerprint density at radius 1 is 1.06 bits per heavy atom. The SMILES string of the molecule is CCOc1ccc(C2C(C(=O)c3ccc(OC)cc3C)C(=O)C(=O)N2CCN(C)C)cc1. The number of ketones is 2. The molecule has 3 rings (SSSR count). The number of carbonyl (C=O) groups is 3. The van der Waals surface area contributed by atoms with Gasteiger partial charge in [0.15, 0.2) is 5.78 Å². The molecule has 1 amide bonds. The number of Topliss-reactive ketones (excluding diaryl/α,β-unsaturated/α-hetero) is 2. The number of methoxy groups -OCH3 is 1. The summed E-state index contributed by atoms with van der Waals surface area (Å²) in [6.07, 6.45) is 0. The Bertz CT molecular complexity index is 1000. The summed E-state index contributed by atoms with van der Waals surface area (Å²) in [4.78, 5) is 43.1. The summed E-state index contributed by atoms with van der Waals surface area (Å²) in [7, 11) is 5.36. The van der Waals surface area contributed by atoms with Crippen LogP contribution in [0.4, 0.5) is 0 Å². The summed E-state index contributed by atoms with van der Waals surface area (Å²) in [6.45, 7) is 5.16. The van der Waals surface area contributed by atoms with Crippen molar-refractivity contribution >= 4 is 17.5 Å². The van der Waals surface area contributed by atoms with Gasteiger partial charge in [0.1, 0.15) is 17.4 Å². The molecule has 2 atom stereocenters. The highest BCUT2D eigenvalue weighted by Crippen LogP contribution is 2.39. The average Bonchev–Trinajstić information content (AvgIpc) is 3.02. The number of carbonyl (C=O) groups excluding carboxylic acids is 3. The van der Waals surface area contributed by atoms with Crippen molar-refractivity contribution in [1.82, 2.24) is 9.80 Å². The molecule has 0 aliphatic carbocycles. The Hall–Kier alpha value is -3.19. The van der Waals surface area contributed by atoms with Gasteiger partial charge in [0, 0.05) is 18.7 Å². The largest absolute Gasteiger partial charge is 0.497 e. The molecule has 7 nitrogen and oxygen atoms in total. The smallest absolute Gasteiger partial charge is 0.291 e. The number of nitrogens with zero attached hydrogens (tertiary/aromatic N) is 2. The molecule has 32 heavy (non-hydrogen) atoms. The van der Waals surface area contributed by atoms with Crippen molar-refractivity contribution in [3.63, 3.8) is 0 Å². The van der Waals surface area contributed by atoms with Crippen molar-refractivity contribution in [2.24, 2.45) is 5.92 Å². The van der Waals surface area contributed by atoms with Gasteiger partial charge < -0.3 is 19.3 Å². The van der Waals surface area contributed by atoms with E-state index in [0.717, 1.165) is 5.56 Å². The summed E-state index contributed by atoms with van der Waals surface area (Å²) in [5.74, 6) is -1.41. The van der Waals surface area contributed by atoms with Crippen LogP contribution in [0.2, 0.25) is 0 Å². The van der Waals surface area contributed by atoms with E-state index < -0.39 is 23.7 Å². The van der Waals surface area contributed by atoms with Crippen LogP contribution in [-0.4, -0.2) is 68.2 Å². The number of benzene rings is 2. The van der Waals surface area contributed by atoms with Gasteiger partial charge in [-0.15, -0.1) is 0 Å². The van der Waals surface area contributed by atoms with E-state index in [1.54, 1.807) is 44.4 Å². The fourth-order valence-electron chi connectivity index (χ4n) is 4.04.